The van der Waals surface area contributed by atoms with Crippen molar-refractivity contribution >= 4 is 37.3 Å². The second-order valence-corrected chi connectivity index (χ2v) is 9.12. The highest BCUT2D eigenvalue weighted by atomic mass is 32.2. The normalized spacial score (nSPS) is 20.0. The number of hydrogen-bond acceptors (Lipinski definition) is 6. The van der Waals surface area contributed by atoms with Gasteiger partial charge in [-0.05, 0) is 25.8 Å². The fourth-order valence-electron chi connectivity index (χ4n) is 2.93. The average molecular weight is 353 g/mol. The van der Waals surface area contributed by atoms with Gasteiger partial charge in [0.25, 0.3) is 5.91 Å². The highest BCUT2D eigenvalue weighted by Gasteiger charge is 2.30. The molecule has 0 bridgehead atoms. The minimum absolute atomic E-state index is 0.0293. The van der Waals surface area contributed by atoms with Crippen LogP contribution in [0.15, 0.2) is 0 Å². The van der Waals surface area contributed by atoms with E-state index in [1.54, 1.807) is 0 Å². The predicted octanol–water partition coefficient (Wildman–Crippen LogP) is 1.79. The number of carbonyl (C=O) groups excluding carboxylic acids is 1. The van der Waals surface area contributed by atoms with Crippen LogP contribution in [0.3, 0.4) is 0 Å². The Bertz CT molecular complexity index is 887. The Morgan fingerprint density at radius 1 is 1.35 bits per heavy atom. The molecule has 0 aliphatic carbocycles. The van der Waals surface area contributed by atoms with Crippen LogP contribution >= 0.6 is 11.3 Å². The quantitative estimate of drug-likeness (QED) is 0.909. The maximum absolute atomic E-state index is 12.5. The van der Waals surface area contributed by atoms with Crippen molar-refractivity contribution in [2.75, 3.05) is 11.5 Å². The number of aryl methyl sites for hydroxylation is 3. The predicted molar refractivity (Wildman–Crippen MR) is 90.8 cm³/mol. The largest absolute Gasteiger partial charge is 0.348 e. The number of nitrogens with zero attached hydrogens (tertiary/aromatic N) is 2. The third-order valence-corrected chi connectivity index (χ3v) is 7.06. The number of hydrogen-bond donors (Lipinski definition) is 1. The van der Waals surface area contributed by atoms with Crippen LogP contribution in [0.5, 0.6) is 0 Å². The molecule has 1 aliphatic heterocycles. The summed E-state index contributed by atoms with van der Waals surface area (Å²) in [5.41, 5.74) is 1.74. The Kier molecular flexibility index (Phi) is 4.14. The minimum atomic E-state index is -3.01. The number of nitrogens with one attached hydrogen (secondary N) is 1. The van der Waals surface area contributed by atoms with Crippen LogP contribution in [0.4, 0.5) is 0 Å². The summed E-state index contributed by atoms with van der Waals surface area (Å²) in [7, 11) is -3.01. The van der Waals surface area contributed by atoms with Crippen LogP contribution in [0, 0.1) is 13.8 Å². The molecule has 2 aromatic rings. The highest BCUT2D eigenvalue weighted by Crippen LogP contribution is 2.31. The summed E-state index contributed by atoms with van der Waals surface area (Å²) < 4.78 is 23.0. The number of rotatable bonds is 3. The minimum Gasteiger partial charge on any atom is -0.348 e. The zero-order valence-electron chi connectivity index (χ0n) is 13.3. The first kappa shape index (κ1) is 16.3. The Balaban J connectivity index is 1.92. The third-order valence-electron chi connectivity index (χ3n) is 4.11. The van der Waals surface area contributed by atoms with E-state index in [1.165, 1.54) is 11.3 Å². The molecule has 3 heterocycles. The van der Waals surface area contributed by atoms with E-state index in [0.717, 1.165) is 33.7 Å². The zero-order valence-corrected chi connectivity index (χ0v) is 15.0. The fraction of sp³-hybridized carbons (Fsp3) is 0.533. The summed E-state index contributed by atoms with van der Waals surface area (Å²) in [6.07, 6.45) is 1.23. The zero-order chi connectivity index (χ0) is 16.8. The van der Waals surface area contributed by atoms with Gasteiger partial charge in [0.05, 0.1) is 16.4 Å². The fourth-order valence-corrected chi connectivity index (χ4v) is 5.76. The topological polar surface area (TPSA) is 89.0 Å². The average Bonchev–Trinajstić information content (AvgIpc) is 2.99. The maximum Gasteiger partial charge on any atom is 0.261 e. The molecule has 8 heteroatoms. The molecule has 0 aromatic carbocycles. The Labute approximate surface area is 139 Å². The van der Waals surface area contributed by atoms with Gasteiger partial charge in [-0.3, -0.25) is 4.79 Å². The molecule has 1 N–H and O–H groups in total. The van der Waals surface area contributed by atoms with Crippen LogP contribution in [0.1, 0.15) is 40.1 Å². The van der Waals surface area contributed by atoms with E-state index in [4.69, 9.17) is 0 Å². The van der Waals surface area contributed by atoms with Gasteiger partial charge in [0.2, 0.25) is 0 Å². The molecule has 1 unspecified atom stereocenters. The molecule has 0 radical (unpaired) electrons. The maximum atomic E-state index is 12.5. The van der Waals surface area contributed by atoms with Crippen LogP contribution < -0.4 is 5.32 Å². The van der Waals surface area contributed by atoms with Gasteiger partial charge < -0.3 is 5.32 Å². The van der Waals surface area contributed by atoms with Gasteiger partial charge in [-0.15, -0.1) is 11.3 Å². The van der Waals surface area contributed by atoms with Crippen molar-refractivity contribution in [3.63, 3.8) is 0 Å². The van der Waals surface area contributed by atoms with Crippen molar-refractivity contribution in [2.24, 2.45) is 0 Å². The summed E-state index contributed by atoms with van der Waals surface area (Å²) in [4.78, 5) is 22.9. The van der Waals surface area contributed by atoms with Crippen molar-refractivity contribution in [3.05, 3.63) is 22.0 Å². The second kappa shape index (κ2) is 5.83. The van der Waals surface area contributed by atoms with Crippen molar-refractivity contribution in [1.29, 1.82) is 0 Å². The van der Waals surface area contributed by atoms with E-state index in [1.807, 2.05) is 20.8 Å². The molecular formula is C15H19N3O3S2. The molecule has 23 heavy (non-hydrogen) atoms. The number of thiophene rings is 1. The molecule has 1 amide bonds. The van der Waals surface area contributed by atoms with Crippen molar-refractivity contribution < 1.29 is 13.2 Å². The Hall–Kier alpha value is -1.54. The highest BCUT2D eigenvalue weighted by molar-refractivity contribution is 7.91. The van der Waals surface area contributed by atoms with Crippen LogP contribution in [0.25, 0.3) is 10.2 Å². The second-order valence-electron chi connectivity index (χ2n) is 5.89. The van der Waals surface area contributed by atoms with E-state index < -0.39 is 9.84 Å². The van der Waals surface area contributed by atoms with E-state index in [0.29, 0.717) is 11.3 Å². The lowest BCUT2D eigenvalue weighted by molar-refractivity contribution is 0.0945. The molecule has 1 aliphatic rings. The van der Waals surface area contributed by atoms with E-state index in [-0.39, 0.29) is 23.5 Å². The monoisotopic (exact) mass is 353 g/mol. The van der Waals surface area contributed by atoms with Gasteiger partial charge in [0, 0.05) is 23.5 Å². The van der Waals surface area contributed by atoms with Crippen molar-refractivity contribution in [1.82, 2.24) is 15.3 Å². The molecule has 6 nitrogen and oxygen atoms in total. The summed E-state index contributed by atoms with van der Waals surface area (Å²) >= 11 is 1.35. The standard InChI is InChI=1S/C15H19N3O3S2/c1-4-11-16-9(3)12-8(2)13(22-15(12)18-11)14(19)17-10-5-6-23(20,21)7-10/h10H,4-7H2,1-3H3,(H,17,19). The van der Waals surface area contributed by atoms with Crippen molar-refractivity contribution in [3.8, 4) is 0 Å². The van der Waals surface area contributed by atoms with Gasteiger partial charge in [0.15, 0.2) is 9.84 Å². The van der Waals surface area contributed by atoms with E-state index in [2.05, 4.69) is 15.3 Å². The van der Waals surface area contributed by atoms with Gasteiger partial charge in [0.1, 0.15) is 10.7 Å². The lowest BCUT2D eigenvalue weighted by Crippen LogP contribution is -2.35. The summed E-state index contributed by atoms with van der Waals surface area (Å²) in [5.74, 6) is 0.727. The van der Waals surface area contributed by atoms with E-state index in [9.17, 15) is 13.2 Å². The number of carbonyl (C=O) groups is 1. The number of fused-ring (bicyclic) bond motifs is 1. The number of amides is 1. The smallest absolute Gasteiger partial charge is 0.261 e. The van der Waals surface area contributed by atoms with Gasteiger partial charge in [-0.1, -0.05) is 6.92 Å². The Morgan fingerprint density at radius 2 is 2.09 bits per heavy atom. The van der Waals surface area contributed by atoms with Crippen LogP contribution in [0.2, 0.25) is 0 Å². The van der Waals surface area contributed by atoms with Crippen LogP contribution in [-0.4, -0.2) is 41.8 Å². The van der Waals surface area contributed by atoms with E-state index >= 15 is 0 Å². The van der Waals surface area contributed by atoms with Gasteiger partial charge in [-0.2, -0.15) is 0 Å². The first-order chi connectivity index (χ1) is 10.8. The number of sulfone groups is 1. The Morgan fingerprint density at radius 3 is 2.70 bits per heavy atom. The van der Waals surface area contributed by atoms with Gasteiger partial charge >= 0.3 is 0 Å². The molecule has 1 fully saturated rings. The first-order valence-corrected chi connectivity index (χ1v) is 10.2. The molecule has 0 spiro atoms. The lowest BCUT2D eigenvalue weighted by atomic mass is 10.1. The molecule has 3 rings (SSSR count). The molecule has 2 aromatic heterocycles. The van der Waals surface area contributed by atoms with Crippen LogP contribution in [-0.2, 0) is 16.3 Å². The van der Waals surface area contributed by atoms with Crippen molar-refractivity contribution in [2.45, 2.75) is 39.7 Å². The SMILES string of the molecule is CCc1nc(C)c2c(C)c(C(=O)NC3CCS(=O)(=O)C3)sc2n1. The first-order valence-electron chi connectivity index (χ1n) is 7.58. The summed E-state index contributed by atoms with van der Waals surface area (Å²) in [6, 6.07) is -0.296. The molecule has 1 atom stereocenters. The summed E-state index contributed by atoms with van der Waals surface area (Å²) in [6.45, 7) is 5.81. The summed E-state index contributed by atoms with van der Waals surface area (Å²) in [5, 5.41) is 3.77. The third kappa shape index (κ3) is 3.10. The van der Waals surface area contributed by atoms with Gasteiger partial charge in [-0.25, -0.2) is 18.4 Å². The molecule has 124 valence electrons. The molecular weight excluding hydrogens is 334 g/mol. The molecule has 0 saturated carbocycles. The molecule has 1 saturated heterocycles. The number of aromatic nitrogens is 2. The lowest BCUT2D eigenvalue weighted by Gasteiger charge is -2.10.